The summed E-state index contributed by atoms with van der Waals surface area (Å²) in [5, 5.41) is 5.29. The minimum atomic E-state index is -1.00. The van der Waals surface area contributed by atoms with Gasteiger partial charge in [0, 0.05) is 6.54 Å². The summed E-state index contributed by atoms with van der Waals surface area (Å²) in [6.07, 6.45) is 0.503. The van der Waals surface area contributed by atoms with Crippen molar-refractivity contribution in [3.8, 4) is 0 Å². The summed E-state index contributed by atoms with van der Waals surface area (Å²) in [4.78, 5) is 52.9. The van der Waals surface area contributed by atoms with E-state index < -0.39 is 41.6 Å². The molecule has 9 nitrogen and oxygen atoms in total. The fourth-order valence-corrected chi connectivity index (χ4v) is 3.45. The van der Waals surface area contributed by atoms with Gasteiger partial charge in [-0.2, -0.15) is 0 Å². The van der Waals surface area contributed by atoms with Crippen molar-refractivity contribution in [1.29, 1.82) is 0 Å². The van der Waals surface area contributed by atoms with Gasteiger partial charge >= 0.3 is 12.1 Å². The van der Waals surface area contributed by atoms with Crippen LogP contribution in [-0.4, -0.2) is 60.6 Å². The number of nitrogens with zero attached hydrogens (tertiary/aromatic N) is 1. The summed E-state index contributed by atoms with van der Waals surface area (Å²) < 4.78 is 10.0. The standard InChI is InChI=1S/C26H41N3O6/c1-9-15-29(24(32)21(18(4)10-2)28-25(33)35-26(5,6)7)22(19-13-11-17(3)12-14-19)23(31)27-16-20(30)34-8/h11-14,18,21-22H,9-10,15-16H2,1-8H3,(H,27,31)(H,28,33). The van der Waals surface area contributed by atoms with Gasteiger partial charge < -0.3 is 25.0 Å². The second-order valence-corrected chi connectivity index (χ2v) is 9.65. The van der Waals surface area contributed by atoms with Crippen molar-refractivity contribution in [1.82, 2.24) is 15.5 Å². The fourth-order valence-electron chi connectivity index (χ4n) is 3.45. The molecule has 0 bridgehead atoms. The molecule has 0 aliphatic rings. The normalized spacial score (nSPS) is 13.7. The van der Waals surface area contributed by atoms with Crippen LogP contribution in [0.25, 0.3) is 0 Å². The Morgan fingerprint density at radius 1 is 1.06 bits per heavy atom. The van der Waals surface area contributed by atoms with E-state index in [0.29, 0.717) is 18.4 Å². The average molecular weight is 492 g/mol. The first-order valence-electron chi connectivity index (χ1n) is 12.1. The first-order valence-corrected chi connectivity index (χ1v) is 12.1. The first kappa shape index (κ1) is 29.9. The predicted molar refractivity (Wildman–Crippen MR) is 134 cm³/mol. The Kier molecular flexibility index (Phi) is 11.7. The predicted octanol–water partition coefficient (Wildman–Crippen LogP) is 3.50. The van der Waals surface area contributed by atoms with Gasteiger partial charge in [0.25, 0.3) is 0 Å². The lowest BCUT2D eigenvalue weighted by molar-refractivity contribution is -0.145. The van der Waals surface area contributed by atoms with Gasteiger partial charge in [-0.1, -0.05) is 57.0 Å². The number of ether oxygens (including phenoxy) is 2. The van der Waals surface area contributed by atoms with Crippen molar-refractivity contribution in [2.75, 3.05) is 20.2 Å². The van der Waals surface area contributed by atoms with Crippen molar-refractivity contribution >= 4 is 23.9 Å². The number of alkyl carbamates (subject to hydrolysis) is 1. The Balaban J connectivity index is 3.41. The topological polar surface area (TPSA) is 114 Å². The summed E-state index contributed by atoms with van der Waals surface area (Å²) in [6, 6.07) is 5.38. The number of amides is 3. The third-order valence-electron chi connectivity index (χ3n) is 5.49. The van der Waals surface area contributed by atoms with Gasteiger partial charge in [0.1, 0.15) is 24.2 Å². The minimum absolute atomic E-state index is 0.217. The van der Waals surface area contributed by atoms with Crippen LogP contribution < -0.4 is 10.6 Å². The first-order chi connectivity index (χ1) is 16.3. The van der Waals surface area contributed by atoms with Crippen molar-refractivity contribution in [2.45, 2.75) is 79.0 Å². The SMILES string of the molecule is CCCN(C(=O)C(NC(=O)OC(C)(C)C)C(C)CC)C(C(=O)NCC(=O)OC)c1ccc(C)cc1. The molecular weight excluding hydrogens is 450 g/mol. The van der Waals surface area contributed by atoms with E-state index in [1.54, 1.807) is 32.9 Å². The van der Waals surface area contributed by atoms with Gasteiger partial charge in [-0.15, -0.1) is 0 Å². The van der Waals surface area contributed by atoms with Crippen LogP contribution in [0.5, 0.6) is 0 Å². The lowest BCUT2D eigenvalue weighted by Crippen LogP contribution is -2.55. The molecule has 1 rings (SSSR count). The maximum absolute atomic E-state index is 13.9. The summed E-state index contributed by atoms with van der Waals surface area (Å²) in [5.74, 6) is -1.73. The highest BCUT2D eigenvalue weighted by Gasteiger charge is 2.37. The van der Waals surface area contributed by atoms with Crippen LogP contribution in [0.15, 0.2) is 24.3 Å². The van der Waals surface area contributed by atoms with Crippen molar-refractivity contribution < 1.29 is 28.7 Å². The molecule has 0 radical (unpaired) electrons. The van der Waals surface area contributed by atoms with Crippen LogP contribution in [0.1, 0.15) is 71.6 Å². The lowest BCUT2D eigenvalue weighted by Gasteiger charge is -2.36. The van der Waals surface area contributed by atoms with Crippen molar-refractivity contribution in [3.63, 3.8) is 0 Å². The molecule has 0 aliphatic heterocycles. The number of esters is 1. The second kappa shape index (κ2) is 13.7. The summed E-state index contributed by atoms with van der Waals surface area (Å²) in [5.41, 5.74) is 0.869. The van der Waals surface area contributed by atoms with Crippen LogP contribution >= 0.6 is 0 Å². The third kappa shape index (κ3) is 9.58. The quantitative estimate of drug-likeness (QED) is 0.458. The molecule has 3 amide bonds. The Bertz CT molecular complexity index is 863. The van der Waals surface area contributed by atoms with E-state index in [-0.39, 0.29) is 19.0 Å². The van der Waals surface area contributed by atoms with Gasteiger partial charge in [0.15, 0.2) is 0 Å². The number of hydrogen-bond donors (Lipinski definition) is 2. The highest BCUT2D eigenvalue weighted by molar-refractivity contribution is 5.93. The number of aryl methyl sites for hydroxylation is 1. The van der Waals surface area contributed by atoms with Crippen LogP contribution in [0.2, 0.25) is 0 Å². The Morgan fingerprint density at radius 3 is 2.14 bits per heavy atom. The van der Waals surface area contributed by atoms with E-state index >= 15 is 0 Å². The average Bonchev–Trinajstić information content (AvgIpc) is 2.79. The molecule has 1 aromatic carbocycles. The zero-order chi connectivity index (χ0) is 26.8. The number of hydrogen-bond acceptors (Lipinski definition) is 6. The van der Waals surface area contributed by atoms with E-state index in [1.807, 2.05) is 39.8 Å². The zero-order valence-corrected chi connectivity index (χ0v) is 22.3. The van der Waals surface area contributed by atoms with E-state index in [9.17, 15) is 19.2 Å². The molecule has 196 valence electrons. The van der Waals surface area contributed by atoms with Crippen LogP contribution in [0.4, 0.5) is 4.79 Å². The van der Waals surface area contributed by atoms with Crippen molar-refractivity contribution in [2.24, 2.45) is 5.92 Å². The Labute approximate surface area is 208 Å². The van der Waals surface area contributed by atoms with E-state index in [2.05, 4.69) is 15.4 Å². The van der Waals surface area contributed by atoms with E-state index in [0.717, 1.165) is 5.56 Å². The summed E-state index contributed by atoms with van der Waals surface area (Å²) >= 11 is 0. The van der Waals surface area contributed by atoms with Crippen LogP contribution in [0.3, 0.4) is 0 Å². The minimum Gasteiger partial charge on any atom is -0.468 e. The molecule has 0 fully saturated rings. The van der Waals surface area contributed by atoms with Crippen LogP contribution in [-0.2, 0) is 23.9 Å². The van der Waals surface area contributed by atoms with Crippen molar-refractivity contribution in [3.05, 3.63) is 35.4 Å². The lowest BCUT2D eigenvalue weighted by atomic mass is 9.95. The molecular formula is C26H41N3O6. The second-order valence-electron chi connectivity index (χ2n) is 9.65. The number of nitrogens with one attached hydrogen (secondary N) is 2. The van der Waals surface area contributed by atoms with E-state index in [1.165, 1.54) is 12.0 Å². The Morgan fingerprint density at radius 2 is 1.66 bits per heavy atom. The van der Waals surface area contributed by atoms with Gasteiger partial charge in [-0.3, -0.25) is 14.4 Å². The number of rotatable bonds is 11. The molecule has 0 saturated heterocycles. The molecule has 0 saturated carbocycles. The summed E-state index contributed by atoms with van der Waals surface area (Å²) in [6.45, 7) is 12.8. The van der Waals surface area contributed by atoms with Gasteiger partial charge in [0.2, 0.25) is 11.8 Å². The smallest absolute Gasteiger partial charge is 0.408 e. The van der Waals surface area contributed by atoms with Gasteiger partial charge in [-0.05, 0) is 45.6 Å². The third-order valence-corrected chi connectivity index (χ3v) is 5.49. The highest BCUT2D eigenvalue weighted by Crippen LogP contribution is 2.25. The largest absolute Gasteiger partial charge is 0.468 e. The monoisotopic (exact) mass is 491 g/mol. The molecule has 0 spiro atoms. The molecule has 35 heavy (non-hydrogen) atoms. The number of methoxy groups -OCH3 is 1. The van der Waals surface area contributed by atoms with Crippen LogP contribution in [0, 0.1) is 12.8 Å². The molecule has 0 heterocycles. The Hall–Kier alpha value is -3.10. The van der Waals surface area contributed by atoms with Gasteiger partial charge in [0.05, 0.1) is 7.11 Å². The fraction of sp³-hybridized carbons (Fsp3) is 0.615. The molecule has 0 aliphatic carbocycles. The van der Waals surface area contributed by atoms with E-state index in [4.69, 9.17) is 4.74 Å². The number of benzene rings is 1. The molecule has 3 atom stereocenters. The number of carbonyl (C=O) groups excluding carboxylic acids is 4. The zero-order valence-electron chi connectivity index (χ0n) is 22.3. The number of carbonyl (C=O) groups is 4. The highest BCUT2D eigenvalue weighted by atomic mass is 16.6. The van der Waals surface area contributed by atoms with Gasteiger partial charge in [-0.25, -0.2) is 4.79 Å². The summed E-state index contributed by atoms with van der Waals surface area (Å²) in [7, 11) is 1.23. The molecule has 1 aromatic rings. The molecule has 3 unspecified atom stereocenters. The molecule has 2 N–H and O–H groups in total. The molecule has 9 heteroatoms. The molecule has 0 aromatic heterocycles. The maximum Gasteiger partial charge on any atom is 0.408 e. The maximum atomic E-state index is 13.9.